The van der Waals surface area contributed by atoms with Gasteiger partial charge in [0.15, 0.2) is 6.61 Å². The van der Waals surface area contributed by atoms with Crippen LogP contribution in [0.4, 0.5) is 13.2 Å². The molecule has 31 heavy (non-hydrogen) atoms. The Bertz CT molecular complexity index is 994. The lowest BCUT2D eigenvalue weighted by Gasteiger charge is -2.16. The van der Waals surface area contributed by atoms with Crippen LogP contribution in [-0.2, 0) is 11.2 Å². The van der Waals surface area contributed by atoms with E-state index in [9.17, 15) is 22.8 Å². The Kier molecular flexibility index (Phi) is 6.83. The first kappa shape index (κ1) is 23.0. The van der Waals surface area contributed by atoms with Gasteiger partial charge >= 0.3 is 6.18 Å². The molecule has 0 saturated heterocycles. The second-order valence-corrected chi connectivity index (χ2v) is 7.92. The van der Waals surface area contributed by atoms with Gasteiger partial charge in [0.2, 0.25) is 0 Å². The van der Waals surface area contributed by atoms with Crippen molar-refractivity contribution in [1.29, 1.82) is 0 Å². The van der Waals surface area contributed by atoms with Gasteiger partial charge in [0, 0.05) is 11.6 Å². The highest BCUT2D eigenvalue weighted by atomic mass is 35.5. The minimum atomic E-state index is -4.47. The van der Waals surface area contributed by atoms with E-state index in [1.54, 1.807) is 13.8 Å². The molecule has 0 aliphatic heterocycles. The first-order valence-electron chi connectivity index (χ1n) is 9.69. The van der Waals surface area contributed by atoms with Gasteiger partial charge in [0.05, 0.1) is 17.5 Å². The maximum atomic E-state index is 12.7. The molecule has 0 bridgehead atoms. The maximum absolute atomic E-state index is 12.7. The predicted molar refractivity (Wildman–Crippen MR) is 107 cm³/mol. The standard InChI is InChI=1S/C21H21ClF3N3O3/c1-11-7-16(28-19(26-11)9-17(29)13-3-4-13)20(30)27-12(2)14-5-6-18(15(22)8-14)31-10-21(23,24)25/h5-8,12-13H,3-4,9-10H2,1-2H3,(H,27,30). The summed E-state index contributed by atoms with van der Waals surface area (Å²) in [6.45, 7) is 1.97. The summed E-state index contributed by atoms with van der Waals surface area (Å²) in [6.07, 6.45) is -2.60. The summed E-state index contributed by atoms with van der Waals surface area (Å²) in [5.74, 6) is -0.102. The Morgan fingerprint density at radius 3 is 2.58 bits per heavy atom. The molecule has 1 saturated carbocycles. The molecule has 1 aromatic carbocycles. The average molecular weight is 456 g/mol. The van der Waals surface area contributed by atoms with Crippen molar-refractivity contribution in [3.8, 4) is 5.75 Å². The van der Waals surface area contributed by atoms with E-state index in [2.05, 4.69) is 20.0 Å². The van der Waals surface area contributed by atoms with Crippen LogP contribution in [0.3, 0.4) is 0 Å². The third-order valence-corrected chi connectivity index (χ3v) is 4.99. The lowest BCUT2D eigenvalue weighted by atomic mass is 10.1. The third-order valence-electron chi connectivity index (χ3n) is 4.69. The topological polar surface area (TPSA) is 81.2 Å². The van der Waals surface area contributed by atoms with Crippen molar-refractivity contribution in [3.05, 3.63) is 52.1 Å². The largest absolute Gasteiger partial charge is 0.483 e. The molecular formula is C21H21ClF3N3O3. The van der Waals surface area contributed by atoms with Gasteiger partial charge in [0.25, 0.3) is 5.91 Å². The fourth-order valence-electron chi connectivity index (χ4n) is 2.95. The van der Waals surface area contributed by atoms with Crippen LogP contribution >= 0.6 is 11.6 Å². The van der Waals surface area contributed by atoms with E-state index in [1.807, 2.05) is 0 Å². The maximum Gasteiger partial charge on any atom is 0.422 e. The van der Waals surface area contributed by atoms with Crippen molar-refractivity contribution in [3.63, 3.8) is 0 Å². The summed E-state index contributed by atoms with van der Waals surface area (Å²) in [5.41, 5.74) is 1.28. The van der Waals surface area contributed by atoms with E-state index in [1.165, 1.54) is 24.3 Å². The number of hydrogen-bond donors (Lipinski definition) is 1. The van der Waals surface area contributed by atoms with Gasteiger partial charge in [-0.3, -0.25) is 9.59 Å². The van der Waals surface area contributed by atoms with E-state index in [-0.39, 0.29) is 34.6 Å². The smallest absolute Gasteiger partial charge is 0.422 e. The van der Waals surface area contributed by atoms with Crippen LogP contribution < -0.4 is 10.1 Å². The minimum absolute atomic E-state index is 0.00149. The van der Waals surface area contributed by atoms with Gasteiger partial charge < -0.3 is 10.1 Å². The van der Waals surface area contributed by atoms with E-state index >= 15 is 0 Å². The van der Waals surface area contributed by atoms with Gasteiger partial charge in [-0.1, -0.05) is 17.7 Å². The van der Waals surface area contributed by atoms with Crippen molar-refractivity contribution in [2.75, 3.05) is 6.61 Å². The first-order valence-corrected chi connectivity index (χ1v) is 10.1. The lowest BCUT2D eigenvalue weighted by molar-refractivity contribution is -0.153. The monoisotopic (exact) mass is 455 g/mol. The van der Waals surface area contributed by atoms with E-state index in [0.717, 1.165) is 12.8 Å². The van der Waals surface area contributed by atoms with Crippen molar-refractivity contribution < 1.29 is 27.5 Å². The number of amides is 1. The number of nitrogens with zero attached hydrogens (tertiary/aromatic N) is 2. The number of Topliss-reactive ketones (excluding diaryl/α,β-unsaturated/α-hetero) is 1. The zero-order chi connectivity index (χ0) is 22.8. The number of carbonyl (C=O) groups is 2. The minimum Gasteiger partial charge on any atom is -0.483 e. The van der Waals surface area contributed by atoms with Crippen LogP contribution in [0.2, 0.25) is 5.02 Å². The zero-order valence-electron chi connectivity index (χ0n) is 16.9. The highest BCUT2D eigenvalue weighted by molar-refractivity contribution is 6.32. The molecule has 10 heteroatoms. The Balaban J connectivity index is 1.66. The highest BCUT2D eigenvalue weighted by Crippen LogP contribution is 2.31. The number of rotatable bonds is 8. The van der Waals surface area contributed by atoms with Gasteiger partial charge in [-0.2, -0.15) is 13.2 Å². The fraction of sp³-hybridized carbons (Fsp3) is 0.429. The molecule has 0 radical (unpaired) electrons. The van der Waals surface area contributed by atoms with Crippen molar-refractivity contribution >= 4 is 23.3 Å². The molecule has 1 aliphatic rings. The number of hydrogen-bond acceptors (Lipinski definition) is 5. The molecule has 0 spiro atoms. The number of nitrogens with one attached hydrogen (secondary N) is 1. The Hall–Kier alpha value is -2.68. The van der Waals surface area contributed by atoms with Crippen LogP contribution in [0.25, 0.3) is 0 Å². The molecular weight excluding hydrogens is 435 g/mol. The molecule has 6 nitrogen and oxygen atoms in total. The SMILES string of the molecule is Cc1cc(C(=O)NC(C)c2ccc(OCC(F)(F)F)c(Cl)c2)nc(CC(=O)C2CC2)n1. The summed E-state index contributed by atoms with van der Waals surface area (Å²) < 4.78 is 41.6. The molecule has 1 heterocycles. The van der Waals surface area contributed by atoms with Crippen molar-refractivity contribution in [2.45, 2.75) is 45.3 Å². The van der Waals surface area contributed by atoms with Gasteiger partial charge in [-0.15, -0.1) is 0 Å². The van der Waals surface area contributed by atoms with Crippen LogP contribution in [0.5, 0.6) is 5.75 Å². The van der Waals surface area contributed by atoms with Crippen LogP contribution in [-0.4, -0.2) is 34.4 Å². The molecule has 3 rings (SSSR count). The molecule has 1 fully saturated rings. The molecule has 2 aromatic rings. The molecule has 1 atom stereocenters. The zero-order valence-corrected chi connectivity index (χ0v) is 17.7. The normalized spacial score (nSPS) is 14.8. The van der Waals surface area contributed by atoms with Crippen molar-refractivity contribution in [1.82, 2.24) is 15.3 Å². The number of halogens is 4. The quantitative estimate of drug-likeness (QED) is 0.638. The van der Waals surface area contributed by atoms with E-state index < -0.39 is 24.7 Å². The van der Waals surface area contributed by atoms with Crippen LogP contribution in [0, 0.1) is 12.8 Å². The number of alkyl halides is 3. The van der Waals surface area contributed by atoms with Crippen molar-refractivity contribution in [2.24, 2.45) is 5.92 Å². The number of benzene rings is 1. The first-order chi connectivity index (χ1) is 14.5. The summed E-state index contributed by atoms with van der Waals surface area (Å²) >= 11 is 6.02. The van der Waals surface area contributed by atoms with Crippen LogP contribution in [0.1, 0.15) is 53.4 Å². The second kappa shape index (κ2) is 9.21. The molecule has 1 aromatic heterocycles. The summed E-state index contributed by atoms with van der Waals surface area (Å²) in [7, 11) is 0. The van der Waals surface area contributed by atoms with Gasteiger partial charge in [0.1, 0.15) is 23.1 Å². The van der Waals surface area contributed by atoms with Gasteiger partial charge in [-0.05, 0) is 50.5 Å². The second-order valence-electron chi connectivity index (χ2n) is 7.52. The summed E-state index contributed by atoms with van der Waals surface area (Å²) in [4.78, 5) is 33.1. The highest BCUT2D eigenvalue weighted by Gasteiger charge is 2.30. The average Bonchev–Trinajstić information content (AvgIpc) is 3.51. The predicted octanol–water partition coefficient (Wildman–Crippen LogP) is 4.39. The van der Waals surface area contributed by atoms with Gasteiger partial charge in [-0.25, -0.2) is 9.97 Å². The number of aromatic nitrogens is 2. The Labute approximate surface area is 182 Å². The summed E-state index contributed by atoms with van der Waals surface area (Å²) in [6, 6.07) is 5.29. The number of aryl methyl sites for hydroxylation is 1. The van der Waals surface area contributed by atoms with E-state index in [4.69, 9.17) is 11.6 Å². The van der Waals surface area contributed by atoms with Crippen LogP contribution in [0.15, 0.2) is 24.3 Å². The third kappa shape index (κ3) is 6.65. The molecule has 166 valence electrons. The molecule has 1 amide bonds. The molecule has 1 aliphatic carbocycles. The molecule has 1 unspecified atom stereocenters. The Morgan fingerprint density at radius 1 is 1.26 bits per heavy atom. The number of carbonyl (C=O) groups excluding carboxylic acids is 2. The Morgan fingerprint density at radius 2 is 1.97 bits per heavy atom. The number of ketones is 1. The van der Waals surface area contributed by atoms with E-state index in [0.29, 0.717) is 17.1 Å². The summed E-state index contributed by atoms with van der Waals surface area (Å²) in [5, 5.41) is 2.77. The lowest BCUT2D eigenvalue weighted by Crippen LogP contribution is -2.28. The number of ether oxygens (including phenoxy) is 1. The molecule has 1 N–H and O–H groups in total. The fourth-order valence-corrected chi connectivity index (χ4v) is 3.19.